The van der Waals surface area contributed by atoms with E-state index in [0.717, 1.165) is 62.5 Å². The molecule has 2 aliphatic heterocycles. The largest absolute Gasteiger partial charge is 0.380 e. The molecule has 1 saturated heterocycles. The third-order valence-corrected chi connectivity index (χ3v) is 4.86. The van der Waals surface area contributed by atoms with Crippen LogP contribution in [0.25, 0.3) is 11.3 Å². The zero-order valence-electron chi connectivity index (χ0n) is 13.0. The van der Waals surface area contributed by atoms with Crippen molar-refractivity contribution in [2.24, 2.45) is 0 Å². The van der Waals surface area contributed by atoms with E-state index in [0.29, 0.717) is 6.04 Å². The summed E-state index contributed by atoms with van der Waals surface area (Å²) < 4.78 is 18.7. The lowest BCUT2D eigenvalue weighted by Gasteiger charge is -2.25. The summed E-state index contributed by atoms with van der Waals surface area (Å²) in [5.41, 5.74) is 4.24. The van der Waals surface area contributed by atoms with Crippen LogP contribution in [0.2, 0.25) is 0 Å². The molecule has 0 aliphatic carbocycles. The first-order chi connectivity index (χ1) is 11.3. The Morgan fingerprint density at radius 3 is 2.70 bits per heavy atom. The number of nitrogens with zero attached hydrogens (tertiary/aromatic N) is 3. The average Bonchev–Trinajstić information content (AvgIpc) is 3.02. The number of benzene rings is 1. The number of rotatable bonds is 2. The second-order valence-electron chi connectivity index (χ2n) is 6.21. The minimum absolute atomic E-state index is 0.221. The topological polar surface area (TPSA) is 38.2 Å². The molecule has 1 atom stereocenters. The minimum Gasteiger partial charge on any atom is -0.380 e. The van der Waals surface area contributed by atoms with Gasteiger partial charge in [0.1, 0.15) is 12.1 Å². The normalized spacial score (nSPS) is 21.9. The quantitative estimate of drug-likeness (QED) is 0.854. The van der Waals surface area contributed by atoms with Crippen LogP contribution < -0.4 is 0 Å². The van der Waals surface area contributed by atoms with Crippen molar-refractivity contribution in [3.8, 4) is 11.3 Å². The number of fused-ring (bicyclic) bond motifs is 1. The standard InChI is InChI=1S/C18H20FN3O/c19-14-3-1-13(2-4-14)18-16-5-8-22(15-7-10-23-11-15)9-6-17(16)20-12-21-18/h1-4,12,15H,5-11H2. The van der Waals surface area contributed by atoms with Gasteiger partial charge in [-0.25, -0.2) is 14.4 Å². The summed E-state index contributed by atoms with van der Waals surface area (Å²) in [7, 11) is 0. The Balaban J connectivity index is 1.62. The van der Waals surface area contributed by atoms with Gasteiger partial charge in [-0.05, 0) is 37.1 Å². The van der Waals surface area contributed by atoms with E-state index in [9.17, 15) is 4.39 Å². The molecule has 1 fully saturated rings. The van der Waals surface area contributed by atoms with Crippen molar-refractivity contribution >= 4 is 0 Å². The molecular formula is C18H20FN3O. The van der Waals surface area contributed by atoms with Gasteiger partial charge in [-0.3, -0.25) is 4.90 Å². The van der Waals surface area contributed by atoms with E-state index in [1.54, 1.807) is 18.5 Å². The molecular weight excluding hydrogens is 293 g/mol. The summed E-state index contributed by atoms with van der Waals surface area (Å²) in [5, 5.41) is 0. The van der Waals surface area contributed by atoms with Gasteiger partial charge in [0.05, 0.1) is 12.3 Å². The molecule has 1 aromatic heterocycles. The lowest BCUT2D eigenvalue weighted by Crippen LogP contribution is -2.37. The first-order valence-electron chi connectivity index (χ1n) is 8.22. The first-order valence-corrected chi connectivity index (χ1v) is 8.22. The molecule has 0 amide bonds. The van der Waals surface area contributed by atoms with Crippen LogP contribution in [0.4, 0.5) is 4.39 Å². The van der Waals surface area contributed by atoms with Gasteiger partial charge in [-0.2, -0.15) is 0 Å². The lowest BCUT2D eigenvalue weighted by atomic mass is 10.0. The third-order valence-electron chi connectivity index (χ3n) is 4.86. The summed E-state index contributed by atoms with van der Waals surface area (Å²) in [4.78, 5) is 11.5. The van der Waals surface area contributed by atoms with Crippen molar-refractivity contribution in [2.75, 3.05) is 26.3 Å². The predicted octanol–water partition coefficient (Wildman–Crippen LogP) is 2.47. The van der Waals surface area contributed by atoms with Crippen molar-refractivity contribution in [1.82, 2.24) is 14.9 Å². The van der Waals surface area contributed by atoms with Crippen LogP contribution in [0.3, 0.4) is 0 Å². The Bertz CT molecular complexity index is 683. The number of hydrogen-bond donors (Lipinski definition) is 0. The highest BCUT2D eigenvalue weighted by molar-refractivity contribution is 5.63. The van der Waals surface area contributed by atoms with Crippen molar-refractivity contribution in [2.45, 2.75) is 25.3 Å². The van der Waals surface area contributed by atoms with Gasteiger partial charge in [-0.15, -0.1) is 0 Å². The second-order valence-corrected chi connectivity index (χ2v) is 6.21. The zero-order chi connectivity index (χ0) is 15.6. The Morgan fingerprint density at radius 1 is 1.09 bits per heavy atom. The molecule has 2 aliphatic rings. The smallest absolute Gasteiger partial charge is 0.123 e. The Morgan fingerprint density at radius 2 is 1.91 bits per heavy atom. The van der Waals surface area contributed by atoms with Gasteiger partial charge < -0.3 is 4.74 Å². The molecule has 0 spiro atoms. The van der Waals surface area contributed by atoms with Gasteiger partial charge >= 0.3 is 0 Å². The Hall–Kier alpha value is -1.85. The zero-order valence-corrected chi connectivity index (χ0v) is 13.0. The van der Waals surface area contributed by atoms with Gasteiger partial charge in [0.15, 0.2) is 0 Å². The molecule has 0 saturated carbocycles. The van der Waals surface area contributed by atoms with Crippen LogP contribution in [0.5, 0.6) is 0 Å². The van der Waals surface area contributed by atoms with Crippen molar-refractivity contribution in [3.63, 3.8) is 0 Å². The minimum atomic E-state index is -0.221. The van der Waals surface area contributed by atoms with E-state index in [1.165, 1.54) is 17.7 Å². The molecule has 2 aromatic rings. The van der Waals surface area contributed by atoms with E-state index in [-0.39, 0.29) is 5.82 Å². The van der Waals surface area contributed by atoms with Crippen molar-refractivity contribution < 1.29 is 9.13 Å². The Kier molecular flexibility index (Phi) is 4.06. The van der Waals surface area contributed by atoms with Crippen LogP contribution in [0.15, 0.2) is 30.6 Å². The summed E-state index contributed by atoms with van der Waals surface area (Å²) in [6, 6.07) is 7.11. The maximum absolute atomic E-state index is 13.2. The second kappa shape index (κ2) is 6.34. The highest BCUT2D eigenvalue weighted by atomic mass is 19.1. The molecule has 120 valence electrons. The van der Waals surface area contributed by atoms with E-state index in [2.05, 4.69) is 14.9 Å². The average molecular weight is 313 g/mol. The molecule has 5 heteroatoms. The van der Waals surface area contributed by atoms with Crippen LogP contribution in [0.1, 0.15) is 17.7 Å². The molecule has 1 unspecified atom stereocenters. The first kappa shape index (κ1) is 14.7. The molecule has 4 nitrogen and oxygen atoms in total. The summed E-state index contributed by atoms with van der Waals surface area (Å²) in [5.74, 6) is -0.221. The molecule has 1 aromatic carbocycles. The van der Waals surface area contributed by atoms with Gasteiger partial charge in [-0.1, -0.05) is 0 Å². The predicted molar refractivity (Wildman–Crippen MR) is 85.6 cm³/mol. The van der Waals surface area contributed by atoms with Gasteiger partial charge in [0.25, 0.3) is 0 Å². The maximum atomic E-state index is 13.2. The molecule has 0 radical (unpaired) electrons. The maximum Gasteiger partial charge on any atom is 0.123 e. The fraction of sp³-hybridized carbons (Fsp3) is 0.444. The highest BCUT2D eigenvalue weighted by Crippen LogP contribution is 2.27. The number of halogens is 1. The summed E-state index contributed by atoms with van der Waals surface area (Å²) in [6.07, 6.45) is 4.61. The fourth-order valence-electron chi connectivity index (χ4n) is 3.58. The molecule has 0 N–H and O–H groups in total. The number of ether oxygens (including phenoxy) is 1. The molecule has 3 heterocycles. The van der Waals surface area contributed by atoms with Crippen LogP contribution in [-0.4, -0.2) is 47.2 Å². The highest BCUT2D eigenvalue weighted by Gasteiger charge is 2.26. The lowest BCUT2D eigenvalue weighted by molar-refractivity contribution is 0.147. The SMILES string of the molecule is Fc1ccc(-c2ncnc3c2CCN(C2CCOC2)CC3)cc1. The number of hydrogen-bond acceptors (Lipinski definition) is 4. The monoisotopic (exact) mass is 313 g/mol. The van der Waals surface area contributed by atoms with E-state index in [1.807, 2.05) is 0 Å². The van der Waals surface area contributed by atoms with Gasteiger partial charge in [0.2, 0.25) is 0 Å². The molecule has 23 heavy (non-hydrogen) atoms. The molecule has 0 bridgehead atoms. The number of aromatic nitrogens is 2. The molecule has 4 rings (SSSR count). The van der Waals surface area contributed by atoms with Crippen LogP contribution >= 0.6 is 0 Å². The summed E-state index contributed by atoms with van der Waals surface area (Å²) >= 11 is 0. The van der Waals surface area contributed by atoms with Gasteiger partial charge in [0, 0.05) is 49.0 Å². The fourth-order valence-corrected chi connectivity index (χ4v) is 3.58. The third kappa shape index (κ3) is 2.99. The van der Waals surface area contributed by atoms with Crippen molar-refractivity contribution in [3.05, 3.63) is 47.7 Å². The van der Waals surface area contributed by atoms with E-state index >= 15 is 0 Å². The van der Waals surface area contributed by atoms with Crippen LogP contribution in [-0.2, 0) is 17.6 Å². The van der Waals surface area contributed by atoms with Crippen LogP contribution in [0, 0.1) is 5.82 Å². The van der Waals surface area contributed by atoms with E-state index in [4.69, 9.17) is 4.74 Å². The van der Waals surface area contributed by atoms with E-state index < -0.39 is 0 Å². The Labute approximate surface area is 135 Å². The van der Waals surface area contributed by atoms with Crippen molar-refractivity contribution in [1.29, 1.82) is 0 Å². The summed E-state index contributed by atoms with van der Waals surface area (Å²) in [6.45, 7) is 3.73.